The third-order valence-corrected chi connectivity index (χ3v) is 6.20. The van der Waals surface area contributed by atoms with Crippen molar-refractivity contribution in [2.45, 2.75) is 19.0 Å². The highest BCUT2D eigenvalue weighted by molar-refractivity contribution is 9.10. The number of nitrogens with zero attached hydrogens (tertiary/aromatic N) is 5. The van der Waals surface area contributed by atoms with Crippen LogP contribution < -0.4 is 5.56 Å². The van der Waals surface area contributed by atoms with Crippen molar-refractivity contribution < 1.29 is 9.53 Å². The highest BCUT2D eigenvalue weighted by Gasteiger charge is 2.28. The van der Waals surface area contributed by atoms with Gasteiger partial charge in [-0.1, -0.05) is 28.1 Å². The number of halogens is 1. The minimum absolute atomic E-state index is 0.237. The predicted octanol–water partition coefficient (Wildman–Crippen LogP) is 3.24. The van der Waals surface area contributed by atoms with E-state index in [1.165, 1.54) is 7.11 Å². The average Bonchev–Trinajstić information content (AvgIpc) is 3.45. The van der Waals surface area contributed by atoms with Gasteiger partial charge in [0, 0.05) is 17.6 Å². The number of carbonyl (C=O) groups is 1. The summed E-state index contributed by atoms with van der Waals surface area (Å²) in [5, 5.41) is 5.17. The van der Waals surface area contributed by atoms with E-state index < -0.39 is 0 Å². The Morgan fingerprint density at radius 1 is 1.13 bits per heavy atom. The lowest BCUT2D eigenvalue weighted by Gasteiger charge is -2.28. The van der Waals surface area contributed by atoms with Gasteiger partial charge < -0.3 is 4.74 Å². The zero-order valence-electron chi connectivity index (χ0n) is 16.9. The first-order chi connectivity index (χ1) is 15.1. The summed E-state index contributed by atoms with van der Waals surface area (Å²) < 4.78 is 9.27. The van der Waals surface area contributed by atoms with Gasteiger partial charge in [-0.3, -0.25) is 14.1 Å². The minimum Gasteiger partial charge on any atom is -0.465 e. The van der Waals surface area contributed by atoms with Gasteiger partial charge in [0.15, 0.2) is 0 Å². The van der Waals surface area contributed by atoms with E-state index in [4.69, 9.17) is 4.74 Å². The SMILES string of the molecule is COC(=O)c1ccc(C(N2CCCC2)n2ncn3c4ccc(Br)cc4c(=O)nc23)cc1. The third-order valence-electron chi connectivity index (χ3n) is 5.71. The molecule has 0 bridgehead atoms. The van der Waals surface area contributed by atoms with E-state index in [0.29, 0.717) is 16.7 Å². The number of fused-ring (bicyclic) bond motifs is 3. The van der Waals surface area contributed by atoms with Crippen LogP contribution in [0.5, 0.6) is 0 Å². The Morgan fingerprint density at radius 2 is 1.87 bits per heavy atom. The topological polar surface area (TPSA) is 81.7 Å². The lowest BCUT2D eigenvalue weighted by atomic mass is 10.1. The summed E-state index contributed by atoms with van der Waals surface area (Å²) in [7, 11) is 1.37. The largest absolute Gasteiger partial charge is 0.465 e. The Labute approximate surface area is 186 Å². The van der Waals surface area contributed by atoms with Crippen molar-refractivity contribution in [2.75, 3.05) is 20.2 Å². The Bertz CT molecular complexity index is 1340. The maximum absolute atomic E-state index is 12.8. The van der Waals surface area contributed by atoms with Crippen LogP contribution in [0.4, 0.5) is 0 Å². The smallest absolute Gasteiger partial charge is 0.337 e. The number of carbonyl (C=O) groups excluding carboxylic acids is 1. The molecule has 9 heteroatoms. The third kappa shape index (κ3) is 3.43. The van der Waals surface area contributed by atoms with Crippen molar-refractivity contribution in [3.8, 4) is 0 Å². The molecule has 0 N–H and O–H groups in total. The van der Waals surface area contributed by atoms with Crippen LogP contribution in [0.2, 0.25) is 0 Å². The Kier molecular flexibility index (Phi) is 5.07. The molecule has 0 spiro atoms. The van der Waals surface area contributed by atoms with Crippen molar-refractivity contribution in [3.63, 3.8) is 0 Å². The molecule has 5 rings (SSSR count). The standard InChI is InChI=1S/C22H20BrN5O3/c1-31-21(30)15-6-4-14(5-7-15)20(26-10-2-3-11-26)28-22-25-19(29)17-12-16(23)8-9-18(17)27(22)13-24-28/h4-9,12-13,20H,2-3,10-11H2,1H3. The molecule has 0 saturated carbocycles. The lowest BCUT2D eigenvalue weighted by molar-refractivity contribution is 0.0600. The van der Waals surface area contributed by atoms with Crippen LogP contribution in [-0.4, -0.2) is 50.2 Å². The van der Waals surface area contributed by atoms with Gasteiger partial charge in [-0.25, -0.2) is 9.48 Å². The van der Waals surface area contributed by atoms with Crippen molar-refractivity contribution >= 4 is 38.6 Å². The monoisotopic (exact) mass is 481 g/mol. The normalized spacial score (nSPS) is 15.5. The molecule has 8 nitrogen and oxygen atoms in total. The van der Waals surface area contributed by atoms with E-state index in [9.17, 15) is 9.59 Å². The van der Waals surface area contributed by atoms with Crippen LogP contribution in [0.25, 0.3) is 16.7 Å². The summed E-state index contributed by atoms with van der Waals surface area (Å²) >= 11 is 3.42. The molecular weight excluding hydrogens is 462 g/mol. The molecule has 1 aliphatic rings. The van der Waals surface area contributed by atoms with Gasteiger partial charge in [-0.2, -0.15) is 10.1 Å². The highest BCUT2D eigenvalue weighted by atomic mass is 79.9. The summed E-state index contributed by atoms with van der Waals surface area (Å²) in [6.07, 6.45) is 3.66. The summed E-state index contributed by atoms with van der Waals surface area (Å²) in [4.78, 5) is 31.3. The average molecular weight is 482 g/mol. The van der Waals surface area contributed by atoms with Crippen LogP contribution in [0.1, 0.15) is 34.9 Å². The van der Waals surface area contributed by atoms with Gasteiger partial charge in [0.2, 0.25) is 5.78 Å². The molecule has 2 aromatic carbocycles. The van der Waals surface area contributed by atoms with E-state index in [-0.39, 0.29) is 17.7 Å². The molecule has 4 aromatic rings. The number of aromatic nitrogens is 4. The van der Waals surface area contributed by atoms with Gasteiger partial charge in [0.25, 0.3) is 5.56 Å². The first-order valence-electron chi connectivity index (χ1n) is 10.0. The summed E-state index contributed by atoms with van der Waals surface area (Å²) in [6.45, 7) is 1.83. The molecule has 0 aliphatic carbocycles. The maximum atomic E-state index is 12.8. The summed E-state index contributed by atoms with van der Waals surface area (Å²) in [6, 6.07) is 12.9. The molecule has 1 atom stereocenters. The molecule has 3 heterocycles. The molecule has 1 unspecified atom stereocenters. The summed E-state index contributed by atoms with van der Waals surface area (Å²) in [5.41, 5.74) is 1.91. The fourth-order valence-corrected chi connectivity index (χ4v) is 4.57. The van der Waals surface area contributed by atoms with Crippen LogP contribution in [-0.2, 0) is 4.74 Å². The second kappa shape index (κ2) is 7.90. The molecule has 2 aromatic heterocycles. The molecule has 1 fully saturated rings. The molecule has 31 heavy (non-hydrogen) atoms. The summed E-state index contributed by atoms with van der Waals surface area (Å²) in [5.74, 6) is 0.105. The number of methoxy groups -OCH3 is 1. The van der Waals surface area contributed by atoms with E-state index in [0.717, 1.165) is 41.5 Å². The number of likely N-dealkylation sites (tertiary alicyclic amines) is 1. The molecular formula is C22H20BrN5O3. The van der Waals surface area contributed by atoms with Gasteiger partial charge in [0.1, 0.15) is 12.5 Å². The van der Waals surface area contributed by atoms with Crippen LogP contribution in [0.15, 0.2) is 58.1 Å². The first kappa shape index (κ1) is 19.9. The Balaban J connectivity index is 1.68. The predicted molar refractivity (Wildman–Crippen MR) is 119 cm³/mol. The first-order valence-corrected chi connectivity index (χ1v) is 10.8. The van der Waals surface area contributed by atoms with Crippen LogP contribution in [0.3, 0.4) is 0 Å². The number of rotatable bonds is 4. The van der Waals surface area contributed by atoms with Crippen molar-refractivity contribution in [1.29, 1.82) is 0 Å². The number of hydrogen-bond donors (Lipinski definition) is 0. The zero-order valence-corrected chi connectivity index (χ0v) is 18.4. The quantitative estimate of drug-likeness (QED) is 0.416. The van der Waals surface area contributed by atoms with Gasteiger partial charge >= 0.3 is 5.97 Å². The van der Waals surface area contributed by atoms with Crippen molar-refractivity contribution in [1.82, 2.24) is 24.1 Å². The minimum atomic E-state index is -0.375. The molecule has 0 radical (unpaired) electrons. The molecule has 158 valence electrons. The van der Waals surface area contributed by atoms with E-state index in [1.807, 2.05) is 28.7 Å². The Hall–Kier alpha value is -3.04. The zero-order chi connectivity index (χ0) is 21.5. The van der Waals surface area contributed by atoms with Crippen LogP contribution in [0, 0.1) is 0 Å². The van der Waals surface area contributed by atoms with Gasteiger partial charge in [0.05, 0.1) is 23.6 Å². The molecule has 1 aliphatic heterocycles. The van der Waals surface area contributed by atoms with Gasteiger partial charge in [-0.15, -0.1) is 0 Å². The van der Waals surface area contributed by atoms with E-state index in [2.05, 4.69) is 30.9 Å². The second-order valence-electron chi connectivity index (χ2n) is 7.55. The van der Waals surface area contributed by atoms with E-state index in [1.54, 1.807) is 29.2 Å². The number of benzene rings is 2. The lowest BCUT2D eigenvalue weighted by Crippen LogP contribution is -2.32. The number of ether oxygens (including phenoxy) is 1. The molecule has 1 saturated heterocycles. The fourth-order valence-electron chi connectivity index (χ4n) is 4.21. The van der Waals surface area contributed by atoms with Crippen molar-refractivity contribution in [3.05, 3.63) is 74.7 Å². The van der Waals surface area contributed by atoms with E-state index >= 15 is 0 Å². The number of esters is 1. The van der Waals surface area contributed by atoms with Crippen LogP contribution >= 0.6 is 15.9 Å². The number of hydrogen-bond acceptors (Lipinski definition) is 6. The maximum Gasteiger partial charge on any atom is 0.337 e. The highest BCUT2D eigenvalue weighted by Crippen LogP contribution is 2.28. The second-order valence-corrected chi connectivity index (χ2v) is 8.47. The molecule has 0 amide bonds. The van der Waals surface area contributed by atoms with Crippen molar-refractivity contribution in [2.24, 2.45) is 0 Å². The fraction of sp³-hybridized carbons (Fsp3) is 0.273. The Morgan fingerprint density at radius 3 is 2.58 bits per heavy atom. The van der Waals surface area contributed by atoms with Gasteiger partial charge in [-0.05, 0) is 48.7 Å².